The van der Waals surface area contributed by atoms with Gasteiger partial charge in [0.2, 0.25) is 0 Å². The van der Waals surface area contributed by atoms with Gasteiger partial charge in [-0.25, -0.2) is 4.79 Å². The van der Waals surface area contributed by atoms with Crippen LogP contribution in [0.15, 0.2) is 16.5 Å². The molecule has 1 amide bonds. The van der Waals surface area contributed by atoms with Crippen molar-refractivity contribution in [2.75, 3.05) is 12.4 Å². The molecule has 0 saturated carbocycles. The quantitative estimate of drug-likeness (QED) is 0.884. The van der Waals surface area contributed by atoms with Crippen molar-refractivity contribution < 1.29 is 18.7 Å². The summed E-state index contributed by atoms with van der Waals surface area (Å²) in [5.41, 5.74) is 1.50. The first kappa shape index (κ1) is 13.9. The van der Waals surface area contributed by atoms with E-state index in [1.54, 1.807) is 19.1 Å². The summed E-state index contributed by atoms with van der Waals surface area (Å²) in [4.78, 5) is 25.3. The Kier molecular flexibility index (Phi) is 3.55. The fourth-order valence-electron chi connectivity index (χ4n) is 2.53. The zero-order valence-corrected chi connectivity index (χ0v) is 12.6. The van der Waals surface area contributed by atoms with E-state index in [4.69, 9.17) is 9.15 Å². The minimum Gasteiger partial charge on any atom is -0.465 e. The van der Waals surface area contributed by atoms with Crippen LogP contribution in [0.2, 0.25) is 0 Å². The molecule has 0 fully saturated rings. The summed E-state index contributed by atoms with van der Waals surface area (Å²) >= 11 is 1.45. The predicted molar refractivity (Wildman–Crippen MR) is 79.1 cm³/mol. The first-order chi connectivity index (χ1) is 10.1. The Balaban J connectivity index is 1.92. The fourth-order valence-corrected chi connectivity index (χ4v) is 3.80. The second-order valence-electron chi connectivity index (χ2n) is 4.92. The monoisotopic (exact) mass is 305 g/mol. The molecule has 2 aromatic heterocycles. The number of amides is 1. The number of carbonyl (C=O) groups excluding carboxylic acids is 2. The Morgan fingerprint density at radius 3 is 2.81 bits per heavy atom. The number of furan rings is 1. The van der Waals surface area contributed by atoms with Crippen LogP contribution >= 0.6 is 11.3 Å². The predicted octanol–water partition coefficient (Wildman–Crippen LogP) is 3.18. The topological polar surface area (TPSA) is 68.5 Å². The van der Waals surface area contributed by atoms with Gasteiger partial charge in [0.15, 0.2) is 5.76 Å². The van der Waals surface area contributed by atoms with Crippen molar-refractivity contribution in [1.82, 2.24) is 0 Å². The van der Waals surface area contributed by atoms with Crippen molar-refractivity contribution >= 4 is 28.2 Å². The lowest BCUT2D eigenvalue weighted by Gasteiger charge is -2.05. The molecule has 0 spiro atoms. The summed E-state index contributed by atoms with van der Waals surface area (Å²) < 4.78 is 10.1. The van der Waals surface area contributed by atoms with Crippen LogP contribution in [-0.4, -0.2) is 19.0 Å². The Labute approximate surface area is 125 Å². The van der Waals surface area contributed by atoms with E-state index in [2.05, 4.69) is 5.32 Å². The lowest BCUT2D eigenvalue weighted by molar-refractivity contribution is 0.0601. The molecule has 0 aliphatic heterocycles. The molecule has 110 valence electrons. The van der Waals surface area contributed by atoms with E-state index in [9.17, 15) is 9.59 Å². The van der Waals surface area contributed by atoms with Crippen molar-refractivity contribution in [3.05, 3.63) is 39.7 Å². The number of methoxy groups -OCH3 is 1. The number of carbonyl (C=O) groups is 2. The third kappa shape index (κ3) is 2.47. The van der Waals surface area contributed by atoms with Gasteiger partial charge in [-0.3, -0.25) is 4.79 Å². The molecular weight excluding hydrogens is 290 g/mol. The number of anilines is 1. The average molecular weight is 305 g/mol. The van der Waals surface area contributed by atoms with E-state index in [0.717, 1.165) is 29.7 Å². The maximum atomic E-state index is 12.2. The average Bonchev–Trinajstić information content (AvgIpc) is 3.13. The van der Waals surface area contributed by atoms with Crippen molar-refractivity contribution in [1.29, 1.82) is 0 Å². The van der Waals surface area contributed by atoms with Crippen LogP contribution in [0.5, 0.6) is 0 Å². The van der Waals surface area contributed by atoms with Crippen LogP contribution in [0.3, 0.4) is 0 Å². The maximum absolute atomic E-state index is 12.2. The van der Waals surface area contributed by atoms with E-state index in [1.165, 1.54) is 18.4 Å². The standard InChI is InChI=1S/C15H15NO4S/c1-8-6-7-10(20-8)13(17)16-14-12(15(18)19-2)9-4-3-5-11(9)21-14/h6-7H,3-5H2,1-2H3,(H,16,17). The van der Waals surface area contributed by atoms with Crippen LogP contribution in [0, 0.1) is 6.92 Å². The second kappa shape index (κ2) is 5.37. The maximum Gasteiger partial charge on any atom is 0.341 e. The molecule has 0 bridgehead atoms. The smallest absolute Gasteiger partial charge is 0.341 e. The van der Waals surface area contributed by atoms with E-state index in [0.29, 0.717) is 16.3 Å². The first-order valence-electron chi connectivity index (χ1n) is 6.70. The summed E-state index contributed by atoms with van der Waals surface area (Å²) in [5, 5.41) is 3.32. The van der Waals surface area contributed by atoms with Crippen molar-refractivity contribution in [2.45, 2.75) is 26.2 Å². The molecule has 0 unspecified atom stereocenters. The molecule has 0 saturated heterocycles. The van der Waals surface area contributed by atoms with Crippen LogP contribution in [0.25, 0.3) is 0 Å². The van der Waals surface area contributed by atoms with E-state index < -0.39 is 5.97 Å². The van der Waals surface area contributed by atoms with Crippen molar-refractivity contribution in [2.24, 2.45) is 0 Å². The number of thiophene rings is 1. The molecular formula is C15H15NO4S. The highest BCUT2D eigenvalue weighted by atomic mass is 32.1. The number of hydrogen-bond donors (Lipinski definition) is 1. The van der Waals surface area contributed by atoms with Gasteiger partial charge in [-0.15, -0.1) is 11.3 Å². The zero-order valence-electron chi connectivity index (χ0n) is 11.8. The molecule has 0 radical (unpaired) electrons. The minimum absolute atomic E-state index is 0.233. The van der Waals surface area contributed by atoms with Crippen molar-refractivity contribution in [3.8, 4) is 0 Å². The van der Waals surface area contributed by atoms with Crippen LogP contribution < -0.4 is 5.32 Å². The Bertz CT molecular complexity index is 713. The summed E-state index contributed by atoms with van der Waals surface area (Å²) in [7, 11) is 1.35. The molecule has 5 nitrogen and oxygen atoms in total. The number of esters is 1. The molecule has 0 atom stereocenters. The SMILES string of the molecule is COC(=O)c1c(NC(=O)c2ccc(C)o2)sc2c1CCC2. The van der Waals surface area contributed by atoms with Crippen LogP contribution in [0.1, 0.15) is 43.5 Å². The number of ether oxygens (including phenoxy) is 1. The van der Waals surface area contributed by atoms with Gasteiger partial charge in [-0.1, -0.05) is 0 Å². The molecule has 3 rings (SSSR count). The van der Waals surface area contributed by atoms with E-state index >= 15 is 0 Å². The molecule has 21 heavy (non-hydrogen) atoms. The van der Waals surface area contributed by atoms with E-state index in [-0.39, 0.29) is 11.7 Å². The lowest BCUT2D eigenvalue weighted by atomic mass is 10.1. The van der Waals surface area contributed by atoms with Gasteiger partial charge < -0.3 is 14.5 Å². The Hall–Kier alpha value is -2.08. The highest BCUT2D eigenvalue weighted by Crippen LogP contribution is 2.39. The van der Waals surface area contributed by atoms with Gasteiger partial charge in [0.1, 0.15) is 10.8 Å². The summed E-state index contributed by atoms with van der Waals surface area (Å²) in [6.45, 7) is 1.77. The molecule has 2 aromatic rings. The first-order valence-corrected chi connectivity index (χ1v) is 7.52. The zero-order chi connectivity index (χ0) is 15.0. The van der Waals surface area contributed by atoms with Gasteiger partial charge in [-0.05, 0) is 43.9 Å². The lowest BCUT2D eigenvalue weighted by Crippen LogP contribution is -2.14. The fraction of sp³-hybridized carbons (Fsp3) is 0.333. The van der Waals surface area contributed by atoms with Crippen LogP contribution in [0.4, 0.5) is 5.00 Å². The Morgan fingerprint density at radius 2 is 2.14 bits per heavy atom. The number of aryl methyl sites for hydroxylation is 2. The van der Waals surface area contributed by atoms with Gasteiger partial charge in [0, 0.05) is 4.88 Å². The van der Waals surface area contributed by atoms with Crippen LogP contribution in [-0.2, 0) is 17.6 Å². The molecule has 0 aromatic carbocycles. The third-order valence-electron chi connectivity index (χ3n) is 3.50. The molecule has 6 heteroatoms. The number of rotatable bonds is 3. The molecule has 1 aliphatic rings. The summed E-state index contributed by atoms with van der Waals surface area (Å²) in [5.74, 6) is 0.146. The van der Waals surface area contributed by atoms with Gasteiger partial charge in [0.05, 0.1) is 12.7 Å². The number of nitrogens with one attached hydrogen (secondary N) is 1. The third-order valence-corrected chi connectivity index (χ3v) is 4.71. The molecule has 2 heterocycles. The Morgan fingerprint density at radius 1 is 1.33 bits per heavy atom. The summed E-state index contributed by atoms with van der Waals surface area (Å²) in [6, 6.07) is 3.34. The summed E-state index contributed by atoms with van der Waals surface area (Å²) in [6.07, 6.45) is 2.84. The van der Waals surface area contributed by atoms with Gasteiger partial charge in [0.25, 0.3) is 5.91 Å². The largest absolute Gasteiger partial charge is 0.465 e. The molecule has 1 N–H and O–H groups in total. The number of hydrogen-bond acceptors (Lipinski definition) is 5. The van der Waals surface area contributed by atoms with Gasteiger partial charge >= 0.3 is 5.97 Å². The highest BCUT2D eigenvalue weighted by molar-refractivity contribution is 7.17. The number of fused-ring (bicyclic) bond motifs is 1. The molecule has 1 aliphatic carbocycles. The highest BCUT2D eigenvalue weighted by Gasteiger charge is 2.28. The van der Waals surface area contributed by atoms with Crippen molar-refractivity contribution in [3.63, 3.8) is 0 Å². The van der Waals surface area contributed by atoms with E-state index in [1.807, 2.05) is 0 Å². The van der Waals surface area contributed by atoms with Gasteiger partial charge in [-0.2, -0.15) is 0 Å². The second-order valence-corrected chi connectivity index (χ2v) is 6.02. The normalized spacial score (nSPS) is 13.0. The minimum atomic E-state index is -0.402.